The standard InChI is InChI=1S/C16H14N4O3S2/c1-2-23-14(22)10-24-16-20-19-15(25-16)18-13(21)8-7-11-5-3-4-6-12(11)9-17/h3-8H,2,10H2,1H3,(H,18,19,21)/b8-7+. The fraction of sp³-hybridized carbons (Fsp3) is 0.188. The largest absolute Gasteiger partial charge is 0.465 e. The van der Waals surface area contributed by atoms with Gasteiger partial charge in [0.1, 0.15) is 0 Å². The molecule has 2 aromatic rings. The van der Waals surface area contributed by atoms with Crippen molar-refractivity contribution < 1.29 is 14.3 Å². The molecule has 0 bridgehead atoms. The lowest BCUT2D eigenvalue weighted by atomic mass is 10.1. The van der Waals surface area contributed by atoms with Crippen LogP contribution in [-0.2, 0) is 14.3 Å². The molecule has 1 aromatic carbocycles. The zero-order valence-corrected chi connectivity index (χ0v) is 14.9. The monoisotopic (exact) mass is 374 g/mol. The maximum atomic E-state index is 11.9. The van der Waals surface area contributed by atoms with Gasteiger partial charge >= 0.3 is 5.97 Å². The summed E-state index contributed by atoms with van der Waals surface area (Å²) in [4.78, 5) is 23.2. The van der Waals surface area contributed by atoms with E-state index >= 15 is 0 Å². The second-order valence-electron chi connectivity index (χ2n) is 4.49. The summed E-state index contributed by atoms with van der Waals surface area (Å²) in [5.74, 6) is -0.570. The molecule has 1 heterocycles. The molecule has 9 heteroatoms. The molecule has 0 aliphatic heterocycles. The van der Waals surface area contributed by atoms with Crippen LogP contribution in [-0.4, -0.2) is 34.4 Å². The van der Waals surface area contributed by atoms with Crippen molar-refractivity contribution >= 4 is 46.2 Å². The van der Waals surface area contributed by atoms with Gasteiger partial charge in [0.05, 0.1) is 24.0 Å². The van der Waals surface area contributed by atoms with E-state index in [-0.39, 0.29) is 17.6 Å². The average molecular weight is 374 g/mol. The average Bonchev–Trinajstić information content (AvgIpc) is 3.06. The van der Waals surface area contributed by atoms with Gasteiger partial charge in [0.25, 0.3) is 0 Å². The van der Waals surface area contributed by atoms with Gasteiger partial charge in [-0.1, -0.05) is 41.3 Å². The van der Waals surface area contributed by atoms with E-state index in [2.05, 4.69) is 21.6 Å². The van der Waals surface area contributed by atoms with Crippen LogP contribution in [0.5, 0.6) is 0 Å². The maximum absolute atomic E-state index is 11.9. The van der Waals surface area contributed by atoms with Gasteiger partial charge in [0, 0.05) is 6.08 Å². The Hall–Kier alpha value is -2.70. The van der Waals surface area contributed by atoms with Crippen molar-refractivity contribution in [2.24, 2.45) is 0 Å². The lowest BCUT2D eigenvalue weighted by molar-refractivity contribution is -0.139. The third kappa shape index (κ3) is 6.02. The number of amides is 1. The van der Waals surface area contributed by atoms with Gasteiger partial charge in [-0.3, -0.25) is 14.9 Å². The number of nitrogens with one attached hydrogen (secondary N) is 1. The first-order chi connectivity index (χ1) is 12.1. The molecule has 0 aliphatic rings. The van der Waals surface area contributed by atoms with Crippen molar-refractivity contribution in [3.63, 3.8) is 0 Å². The van der Waals surface area contributed by atoms with Crippen molar-refractivity contribution in [1.29, 1.82) is 5.26 Å². The maximum Gasteiger partial charge on any atom is 0.316 e. The van der Waals surface area contributed by atoms with Gasteiger partial charge in [-0.25, -0.2) is 0 Å². The molecule has 0 aliphatic carbocycles. The van der Waals surface area contributed by atoms with Crippen molar-refractivity contribution in [3.8, 4) is 6.07 Å². The molecule has 7 nitrogen and oxygen atoms in total. The summed E-state index contributed by atoms with van der Waals surface area (Å²) in [5, 5.41) is 19.7. The fourth-order valence-electron chi connectivity index (χ4n) is 1.70. The van der Waals surface area contributed by atoms with Crippen LogP contribution in [0.2, 0.25) is 0 Å². The summed E-state index contributed by atoms with van der Waals surface area (Å²) >= 11 is 2.36. The van der Waals surface area contributed by atoms with E-state index in [9.17, 15) is 9.59 Å². The molecule has 1 aromatic heterocycles. The minimum atomic E-state index is -0.383. The van der Waals surface area contributed by atoms with Crippen LogP contribution in [0, 0.1) is 11.3 Å². The molecule has 25 heavy (non-hydrogen) atoms. The van der Waals surface area contributed by atoms with Crippen LogP contribution in [0.4, 0.5) is 5.13 Å². The normalized spacial score (nSPS) is 10.4. The van der Waals surface area contributed by atoms with E-state index in [0.717, 1.165) is 0 Å². The molecule has 0 spiro atoms. The highest BCUT2D eigenvalue weighted by molar-refractivity contribution is 8.01. The number of rotatable bonds is 7. The number of hydrogen-bond donors (Lipinski definition) is 1. The van der Waals surface area contributed by atoms with Gasteiger partial charge in [-0.05, 0) is 24.6 Å². The number of benzene rings is 1. The SMILES string of the molecule is CCOC(=O)CSc1nnc(NC(=O)/C=C/c2ccccc2C#N)s1. The van der Waals surface area contributed by atoms with Gasteiger partial charge in [-0.15, -0.1) is 10.2 Å². The quantitative estimate of drug-likeness (QED) is 0.344. The lowest BCUT2D eigenvalue weighted by Crippen LogP contribution is -2.07. The lowest BCUT2D eigenvalue weighted by Gasteiger charge is -1.98. The van der Waals surface area contributed by atoms with E-state index < -0.39 is 0 Å². The number of thioether (sulfide) groups is 1. The number of nitrogens with zero attached hydrogens (tertiary/aromatic N) is 3. The summed E-state index contributed by atoms with van der Waals surface area (Å²) in [6.45, 7) is 2.07. The number of hydrogen-bond acceptors (Lipinski definition) is 8. The first-order valence-corrected chi connectivity index (χ1v) is 9.02. The van der Waals surface area contributed by atoms with Crippen molar-refractivity contribution in [2.45, 2.75) is 11.3 Å². The first kappa shape index (κ1) is 18.6. The number of carbonyl (C=O) groups excluding carboxylic acids is 2. The van der Waals surface area contributed by atoms with Crippen LogP contribution in [0.25, 0.3) is 6.08 Å². The predicted octanol–water partition coefficient (Wildman–Crippen LogP) is 2.72. The Labute approximate surface area is 152 Å². The molecule has 0 saturated carbocycles. The van der Waals surface area contributed by atoms with E-state index in [1.54, 1.807) is 37.3 Å². The van der Waals surface area contributed by atoms with Crippen molar-refractivity contribution in [3.05, 3.63) is 41.5 Å². The summed E-state index contributed by atoms with van der Waals surface area (Å²) in [6, 6.07) is 9.03. The van der Waals surface area contributed by atoms with Gasteiger partial charge in [0.15, 0.2) is 4.34 Å². The molecule has 0 radical (unpaired) electrons. The summed E-state index contributed by atoms with van der Waals surface area (Å²) in [5.41, 5.74) is 1.14. The molecule has 0 unspecified atom stereocenters. The number of aromatic nitrogens is 2. The number of ether oxygens (including phenoxy) is 1. The highest BCUT2D eigenvalue weighted by atomic mass is 32.2. The number of carbonyl (C=O) groups is 2. The van der Waals surface area contributed by atoms with Gasteiger partial charge in [0.2, 0.25) is 11.0 Å². The molecular weight excluding hydrogens is 360 g/mol. The molecule has 0 fully saturated rings. The molecular formula is C16H14N4O3S2. The Morgan fingerprint density at radius 3 is 2.96 bits per heavy atom. The van der Waals surface area contributed by atoms with Crippen LogP contribution >= 0.6 is 23.1 Å². The molecule has 0 saturated heterocycles. The van der Waals surface area contributed by atoms with E-state index in [0.29, 0.717) is 27.2 Å². The fourth-order valence-corrected chi connectivity index (χ4v) is 3.25. The minimum Gasteiger partial charge on any atom is -0.465 e. The minimum absolute atomic E-state index is 0.140. The van der Waals surface area contributed by atoms with Crippen LogP contribution in [0.15, 0.2) is 34.7 Å². The summed E-state index contributed by atoms with van der Waals surface area (Å²) < 4.78 is 5.38. The Balaban J connectivity index is 1.90. The zero-order valence-electron chi connectivity index (χ0n) is 13.3. The number of nitriles is 1. The Morgan fingerprint density at radius 2 is 2.20 bits per heavy atom. The predicted molar refractivity (Wildman–Crippen MR) is 96.1 cm³/mol. The smallest absolute Gasteiger partial charge is 0.316 e. The Morgan fingerprint density at radius 1 is 1.40 bits per heavy atom. The Kier molecular flexibility index (Phi) is 7.13. The Bertz CT molecular complexity index is 827. The second kappa shape index (κ2) is 9.56. The first-order valence-electron chi connectivity index (χ1n) is 7.22. The second-order valence-corrected chi connectivity index (χ2v) is 6.69. The van der Waals surface area contributed by atoms with Crippen molar-refractivity contribution in [1.82, 2.24) is 10.2 Å². The molecule has 1 N–H and O–H groups in total. The number of esters is 1. The highest BCUT2D eigenvalue weighted by Gasteiger charge is 2.10. The van der Waals surface area contributed by atoms with Crippen LogP contribution < -0.4 is 5.32 Å². The molecule has 1 amide bonds. The van der Waals surface area contributed by atoms with E-state index in [1.165, 1.54) is 29.2 Å². The summed E-state index contributed by atoms with van der Waals surface area (Å²) in [6.07, 6.45) is 2.88. The van der Waals surface area contributed by atoms with Gasteiger partial charge < -0.3 is 4.74 Å². The zero-order chi connectivity index (χ0) is 18.1. The van der Waals surface area contributed by atoms with Crippen LogP contribution in [0.3, 0.4) is 0 Å². The van der Waals surface area contributed by atoms with E-state index in [1.807, 2.05) is 0 Å². The molecule has 0 atom stereocenters. The highest BCUT2D eigenvalue weighted by Crippen LogP contribution is 2.25. The third-order valence-electron chi connectivity index (χ3n) is 2.75. The van der Waals surface area contributed by atoms with E-state index in [4.69, 9.17) is 10.00 Å². The summed E-state index contributed by atoms with van der Waals surface area (Å²) in [7, 11) is 0. The molecule has 2 rings (SSSR count). The number of anilines is 1. The van der Waals surface area contributed by atoms with Crippen LogP contribution in [0.1, 0.15) is 18.1 Å². The third-order valence-corrected chi connectivity index (χ3v) is 4.70. The van der Waals surface area contributed by atoms with Crippen molar-refractivity contribution in [2.75, 3.05) is 17.7 Å². The topological polar surface area (TPSA) is 105 Å². The van der Waals surface area contributed by atoms with Gasteiger partial charge in [-0.2, -0.15) is 5.26 Å². The molecule has 128 valence electrons.